The Hall–Kier alpha value is 0.753. The molecule has 0 radical (unpaired) electrons. The van der Waals surface area contributed by atoms with Gasteiger partial charge in [-0.1, -0.05) is 10.3 Å². The van der Waals surface area contributed by atoms with Crippen molar-refractivity contribution < 1.29 is 13.0 Å². The second-order valence-electron chi connectivity index (χ2n) is 3.10. The molecule has 1 aliphatic heterocycles. The summed E-state index contributed by atoms with van der Waals surface area (Å²) in [6, 6.07) is 6.33. The van der Waals surface area contributed by atoms with Gasteiger partial charge in [-0.15, -0.1) is 0 Å². The van der Waals surface area contributed by atoms with E-state index < -0.39 is 13.0 Å². The molecule has 0 spiro atoms. The maximum atomic E-state index is 5.01. The molecule has 0 atom stereocenters. The fourth-order valence-electron chi connectivity index (χ4n) is 1.02. The van der Waals surface area contributed by atoms with Crippen molar-refractivity contribution in [1.82, 2.24) is 8.95 Å². The number of halogens is 3. The van der Waals surface area contributed by atoms with Gasteiger partial charge in [0.05, 0.1) is 10.6 Å². The summed E-state index contributed by atoms with van der Waals surface area (Å²) in [5.74, 6) is 0. The molecule has 2 nitrogen and oxygen atoms in total. The molecule has 0 aromatic carbocycles. The number of nitrogens with zero attached hydrogens (tertiary/aromatic N) is 2. The Labute approximate surface area is 119 Å². The van der Waals surface area contributed by atoms with E-state index in [2.05, 4.69) is 27.1 Å². The van der Waals surface area contributed by atoms with Crippen LogP contribution >= 0.6 is 49.9 Å². The van der Waals surface area contributed by atoms with Crippen LogP contribution in [0, 0.1) is 0 Å². The fourth-order valence-corrected chi connectivity index (χ4v) is 2.80. The van der Waals surface area contributed by atoms with Crippen molar-refractivity contribution in [1.29, 1.82) is 0 Å². The number of benzene rings is 1. The zero-order chi connectivity index (χ0) is 12.1. The van der Waals surface area contributed by atoms with Crippen molar-refractivity contribution in [3.05, 3.63) is 23.6 Å². The first-order valence-corrected chi connectivity index (χ1v) is 18.2. The molecule has 0 aromatic rings. The van der Waals surface area contributed by atoms with Crippen LogP contribution in [0.3, 0.4) is 0 Å². The topological polar surface area (TPSA) is 15.9 Å². The molecular weight excluding hydrogens is 360 g/mol. The second kappa shape index (κ2) is 7.25. The summed E-state index contributed by atoms with van der Waals surface area (Å²) in [7, 11) is 22.4. The summed E-state index contributed by atoms with van der Waals surface area (Å²) in [4.78, 5) is 1.27. The van der Waals surface area contributed by atoms with E-state index in [1.165, 1.54) is 10.2 Å². The van der Waals surface area contributed by atoms with Gasteiger partial charge in [-0.3, -0.25) is 0 Å². The zero-order valence-corrected chi connectivity index (χ0v) is 15.7. The Morgan fingerprint density at radius 1 is 1.25 bits per heavy atom. The summed E-state index contributed by atoms with van der Waals surface area (Å²) >= 11 is -2.21. The average molecular weight is 369 g/mol. The van der Waals surface area contributed by atoms with Crippen LogP contribution in [0.4, 0.5) is 0 Å². The van der Waals surface area contributed by atoms with Gasteiger partial charge in [0.25, 0.3) is 0 Å². The van der Waals surface area contributed by atoms with E-state index in [1.54, 1.807) is 20.9 Å². The quantitative estimate of drug-likeness (QED) is 0.395. The van der Waals surface area contributed by atoms with Gasteiger partial charge in [0.1, 0.15) is 14.1 Å². The predicted molar refractivity (Wildman–Crippen MR) is 71.3 cm³/mol. The van der Waals surface area contributed by atoms with Crippen molar-refractivity contribution in [2.24, 2.45) is 0 Å². The fraction of sp³-hybridized carbons (Fsp3) is 0.250. The number of hydrogen-bond donors (Lipinski definition) is 0. The van der Waals surface area contributed by atoms with E-state index in [0.717, 1.165) is 5.69 Å². The van der Waals surface area contributed by atoms with E-state index in [9.17, 15) is 0 Å². The first-order chi connectivity index (χ1) is 7.50. The van der Waals surface area contributed by atoms with Gasteiger partial charge in [0, 0.05) is 22.7 Å². The Morgan fingerprint density at radius 2 is 1.88 bits per heavy atom. The Kier molecular flexibility index (Phi) is 6.71. The molecule has 2 rings (SSSR count). The third kappa shape index (κ3) is 4.95. The molecule has 0 N–H and O–H groups in total. The molecular formula is C8H9Cl3N2S2Zn. The van der Waals surface area contributed by atoms with E-state index in [1.807, 2.05) is 14.1 Å². The molecule has 0 amide bonds. The van der Waals surface area contributed by atoms with Crippen molar-refractivity contribution in [3.8, 4) is 10.6 Å². The summed E-state index contributed by atoms with van der Waals surface area (Å²) in [6.07, 6.45) is 0. The molecule has 86 valence electrons. The van der Waals surface area contributed by atoms with Crippen LogP contribution in [0.15, 0.2) is 18.2 Å². The summed E-state index contributed by atoms with van der Waals surface area (Å²) in [5, 5.41) is 1.24. The van der Waals surface area contributed by atoms with E-state index in [-0.39, 0.29) is 0 Å². The van der Waals surface area contributed by atoms with Crippen molar-refractivity contribution in [2.45, 2.75) is 0 Å². The molecule has 8 heteroatoms. The van der Waals surface area contributed by atoms with Crippen molar-refractivity contribution in [2.75, 3.05) is 14.1 Å². The number of fused-ring (bicyclic) bond motifs is 1. The van der Waals surface area contributed by atoms with Gasteiger partial charge in [0.15, 0.2) is 0 Å². The first-order valence-electron chi connectivity index (χ1n) is 4.43. The van der Waals surface area contributed by atoms with E-state index in [0.29, 0.717) is 0 Å². The average Bonchev–Trinajstić information content (AvgIpc) is 2.62. The van der Waals surface area contributed by atoms with Crippen LogP contribution in [0.2, 0.25) is 0 Å². The maximum absolute atomic E-state index is 5.01. The minimum atomic E-state index is -2.21. The molecule has 0 saturated heterocycles. The van der Waals surface area contributed by atoms with E-state index in [4.69, 9.17) is 29.1 Å². The van der Waals surface area contributed by atoms with Gasteiger partial charge >= 0.3 is 42.1 Å². The van der Waals surface area contributed by atoms with Crippen LogP contribution in [-0.2, 0) is 13.0 Å². The van der Waals surface area contributed by atoms with Gasteiger partial charge in [-0.05, 0) is 6.07 Å². The minimum absolute atomic E-state index is 1.11. The molecule has 0 fully saturated rings. The monoisotopic (exact) mass is 366 g/mol. The number of hydrogen-bond acceptors (Lipinski definition) is 3. The third-order valence-electron chi connectivity index (χ3n) is 1.72. The van der Waals surface area contributed by atoms with Crippen LogP contribution in [-0.4, -0.2) is 18.5 Å². The third-order valence-corrected chi connectivity index (χ3v) is 3.56. The van der Waals surface area contributed by atoms with Gasteiger partial charge in [-0.2, -0.15) is 4.37 Å². The Balaban J connectivity index is 0.000000280. The molecule has 2 aliphatic rings. The standard InChI is InChI=1S/C8H9N2S2.3ClH.Zn/c1-10(2)6-3-4-7-8(5-6)11-12-9-7;;;;/h3-5H,1-2H3;3*1H;/q+1;;;;+2/p-3. The summed E-state index contributed by atoms with van der Waals surface area (Å²) in [6.45, 7) is 0. The molecule has 0 saturated carbocycles. The normalized spacial score (nSPS) is 9.56. The van der Waals surface area contributed by atoms with Crippen LogP contribution in [0.1, 0.15) is 0 Å². The van der Waals surface area contributed by atoms with Gasteiger partial charge < -0.3 is 0 Å². The Bertz CT molecular complexity index is 476. The molecule has 0 bridgehead atoms. The van der Waals surface area contributed by atoms with Gasteiger partial charge in [0.2, 0.25) is 5.36 Å². The Morgan fingerprint density at radius 3 is 2.44 bits per heavy atom. The van der Waals surface area contributed by atoms with Crippen molar-refractivity contribution >= 4 is 49.9 Å². The second-order valence-corrected chi connectivity index (χ2v) is 18.9. The van der Waals surface area contributed by atoms with Crippen LogP contribution < -0.4 is 9.93 Å². The SMILES string of the molecule is C[N+](C)=c1ccc2nssc-2c1.[Cl][Zn-]([Cl])[Cl]. The molecule has 0 aromatic heterocycles. The first kappa shape index (κ1) is 14.8. The zero-order valence-electron chi connectivity index (χ0n) is 8.78. The molecule has 1 heterocycles. The van der Waals surface area contributed by atoms with E-state index >= 15 is 0 Å². The van der Waals surface area contributed by atoms with Crippen LogP contribution in [0.25, 0.3) is 10.6 Å². The number of rotatable bonds is 0. The molecule has 1 aliphatic carbocycles. The number of aromatic nitrogens is 1. The summed E-state index contributed by atoms with van der Waals surface area (Å²) < 4.78 is 6.36. The van der Waals surface area contributed by atoms with Gasteiger partial charge in [-0.25, -0.2) is 4.58 Å². The van der Waals surface area contributed by atoms with Crippen molar-refractivity contribution in [3.63, 3.8) is 0 Å². The predicted octanol–water partition coefficient (Wildman–Crippen LogP) is 3.41. The molecule has 16 heavy (non-hydrogen) atoms. The summed E-state index contributed by atoms with van der Waals surface area (Å²) in [5.41, 5.74) is 1.11. The molecule has 0 unspecified atom stereocenters. The van der Waals surface area contributed by atoms with Crippen LogP contribution in [0.5, 0.6) is 0 Å².